The van der Waals surface area contributed by atoms with Crippen LogP contribution in [0.1, 0.15) is 16.3 Å². The van der Waals surface area contributed by atoms with Crippen LogP contribution in [0.4, 0.5) is 4.39 Å². The first-order valence-electron chi connectivity index (χ1n) is 5.54. The molecule has 0 saturated carbocycles. The van der Waals surface area contributed by atoms with Crippen molar-refractivity contribution >= 4 is 11.3 Å². The summed E-state index contributed by atoms with van der Waals surface area (Å²) in [6.07, 6.45) is 1.52. The molecule has 0 fully saturated rings. The van der Waals surface area contributed by atoms with Crippen molar-refractivity contribution in [2.75, 3.05) is 0 Å². The maximum absolute atomic E-state index is 12.7. The highest BCUT2D eigenvalue weighted by Crippen LogP contribution is 2.13. The number of thiazole rings is 1. The van der Waals surface area contributed by atoms with E-state index in [4.69, 9.17) is 5.73 Å². The Kier molecular flexibility index (Phi) is 3.86. The molecule has 0 amide bonds. The summed E-state index contributed by atoms with van der Waals surface area (Å²) >= 11 is 1.64. The quantitative estimate of drug-likeness (QED) is 0.906. The van der Waals surface area contributed by atoms with Crippen LogP contribution in [-0.4, -0.2) is 11.0 Å². The first-order chi connectivity index (χ1) is 8.13. The number of hydrogen-bond donors (Lipinski definition) is 1. The number of benzene rings is 1. The van der Waals surface area contributed by atoms with E-state index in [9.17, 15) is 4.39 Å². The molecule has 1 heterocycles. The molecule has 0 radical (unpaired) electrons. The van der Waals surface area contributed by atoms with Gasteiger partial charge >= 0.3 is 0 Å². The Morgan fingerprint density at radius 3 is 2.59 bits per heavy atom. The van der Waals surface area contributed by atoms with Gasteiger partial charge < -0.3 is 5.73 Å². The van der Waals surface area contributed by atoms with Gasteiger partial charge in [-0.2, -0.15) is 0 Å². The van der Waals surface area contributed by atoms with E-state index in [2.05, 4.69) is 4.98 Å². The summed E-state index contributed by atoms with van der Waals surface area (Å²) < 4.78 is 12.7. The van der Waals surface area contributed by atoms with Gasteiger partial charge in [-0.15, -0.1) is 11.3 Å². The van der Waals surface area contributed by atoms with Crippen molar-refractivity contribution in [3.8, 4) is 0 Å². The molecule has 90 valence electrons. The minimum Gasteiger partial charge on any atom is -0.327 e. The summed E-state index contributed by atoms with van der Waals surface area (Å²) in [6.45, 7) is 1.98. The molecule has 0 aliphatic carbocycles. The van der Waals surface area contributed by atoms with Gasteiger partial charge in [0.2, 0.25) is 0 Å². The van der Waals surface area contributed by atoms with Crippen LogP contribution in [0.3, 0.4) is 0 Å². The molecule has 1 unspecified atom stereocenters. The molecule has 0 aliphatic heterocycles. The Labute approximate surface area is 104 Å². The fraction of sp³-hybridized carbons (Fsp3) is 0.308. The summed E-state index contributed by atoms with van der Waals surface area (Å²) in [5.41, 5.74) is 8.16. The van der Waals surface area contributed by atoms with Crippen LogP contribution in [-0.2, 0) is 12.8 Å². The summed E-state index contributed by atoms with van der Waals surface area (Å²) in [4.78, 5) is 4.38. The standard InChI is InChI=1S/C13H15FN2S/c1-9-8-17-13(16-9)7-12(15)6-10-2-4-11(14)5-3-10/h2-5,8,12H,6-7,15H2,1H3. The molecule has 1 atom stereocenters. The van der Waals surface area contributed by atoms with Crippen LogP contribution in [0.15, 0.2) is 29.6 Å². The van der Waals surface area contributed by atoms with Crippen LogP contribution >= 0.6 is 11.3 Å². The zero-order valence-electron chi connectivity index (χ0n) is 9.69. The monoisotopic (exact) mass is 250 g/mol. The van der Waals surface area contributed by atoms with Crippen molar-refractivity contribution in [1.82, 2.24) is 4.98 Å². The number of nitrogens with zero attached hydrogens (tertiary/aromatic N) is 1. The van der Waals surface area contributed by atoms with Gasteiger partial charge in [0.25, 0.3) is 0 Å². The minimum atomic E-state index is -0.210. The van der Waals surface area contributed by atoms with Crippen LogP contribution in [0.5, 0.6) is 0 Å². The van der Waals surface area contributed by atoms with Crippen molar-refractivity contribution in [3.05, 3.63) is 51.7 Å². The minimum absolute atomic E-state index is 0.0333. The summed E-state index contributed by atoms with van der Waals surface area (Å²) in [6, 6.07) is 6.53. The Balaban J connectivity index is 1.93. The molecule has 0 spiro atoms. The molecule has 4 heteroatoms. The number of hydrogen-bond acceptors (Lipinski definition) is 3. The van der Waals surface area contributed by atoms with E-state index in [1.165, 1.54) is 12.1 Å². The van der Waals surface area contributed by atoms with Crippen molar-refractivity contribution in [2.24, 2.45) is 5.73 Å². The van der Waals surface area contributed by atoms with Gasteiger partial charge in [0.1, 0.15) is 5.82 Å². The first-order valence-corrected chi connectivity index (χ1v) is 6.42. The van der Waals surface area contributed by atoms with E-state index in [1.54, 1.807) is 23.5 Å². The molecule has 2 aromatic rings. The number of rotatable bonds is 4. The second-order valence-corrected chi connectivity index (χ2v) is 5.12. The van der Waals surface area contributed by atoms with Gasteiger partial charge in [-0.25, -0.2) is 9.37 Å². The Hall–Kier alpha value is -1.26. The van der Waals surface area contributed by atoms with Crippen molar-refractivity contribution in [2.45, 2.75) is 25.8 Å². The molecule has 17 heavy (non-hydrogen) atoms. The second-order valence-electron chi connectivity index (χ2n) is 4.18. The van der Waals surface area contributed by atoms with Crippen LogP contribution in [0.2, 0.25) is 0 Å². The van der Waals surface area contributed by atoms with Crippen LogP contribution < -0.4 is 5.73 Å². The molecule has 0 aliphatic rings. The lowest BCUT2D eigenvalue weighted by Gasteiger charge is -2.09. The highest BCUT2D eigenvalue weighted by molar-refractivity contribution is 7.09. The Morgan fingerprint density at radius 1 is 1.29 bits per heavy atom. The lowest BCUT2D eigenvalue weighted by atomic mass is 10.0. The molecular weight excluding hydrogens is 235 g/mol. The van der Waals surface area contributed by atoms with E-state index in [0.717, 1.165) is 29.1 Å². The Bertz CT molecular complexity index is 478. The average Bonchev–Trinajstić information content (AvgIpc) is 2.67. The van der Waals surface area contributed by atoms with Crippen LogP contribution in [0.25, 0.3) is 0 Å². The molecule has 2 N–H and O–H groups in total. The fourth-order valence-electron chi connectivity index (χ4n) is 1.72. The van der Waals surface area contributed by atoms with Crippen LogP contribution in [0, 0.1) is 12.7 Å². The fourth-order valence-corrected chi connectivity index (χ4v) is 2.58. The highest BCUT2D eigenvalue weighted by atomic mass is 32.1. The van der Waals surface area contributed by atoms with Crippen molar-refractivity contribution < 1.29 is 4.39 Å². The maximum Gasteiger partial charge on any atom is 0.123 e. The first kappa shape index (κ1) is 12.2. The molecule has 0 saturated heterocycles. The second kappa shape index (κ2) is 5.38. The van der Waals surface area contributed by atoms with Gasteiger partial charge in [-0.05, 0) is 31.0 Å². The van der Waals surface area contributed by atoms with Crippen molar-refractivity contribution in [1.29, 1.82) is 0 Å². The number of aryl methyl sites for hydroxylation is 1. The largest absolute Gasteiger partial charge is 0.327 e. The van der Waals surface area contributed by atoms with Gasteiger partial charge in [0, 0.05) is 23.5 Å². The lowest BCUT2D eigenvalue weighted by molar-refractivity contribution is 0.623. The summed E-state index contributed by atoms with van der Waals surface area (Å²) in [7, 11) is 0. The summed E-state index contributed by atoms with van der Waals surface area (Å²) in [5.74, 6) is -0.210. The third kappa shape index (κ3) is 3.61. The van der Waals surface area contributed by atoms with E-state index < -0.39 is 0 Å². The van der Waals surface area contributed by atoms with Gasteiger partial charge in [-0.3, -0.25) is 0 Å². The lowest BCUT2D eigenvalue weighted by Crippen LogP contribution is -2.25. The van der Waals surface area contributed by atoms with Gasteiger partial charge in [0.05, 0.1) is 5.01 Å². The van der Waals surface area contributed by atoms with Crippen molar-refractivity contribution in [3.63, 3.8) is 0 Å². The third-order valence-electron chi connectivity index (χ3n) is 2.51. The van der Waals surface area contributed by atoms with E-state index in [1.807, 2.05) is 12.3 Å². The average molecular weight is 250 g/mol. The number of nitrogens with two attached hydrogens (primary N) is 1. The zero-order valence-corrected chi connectivity index (χ0v) is 10.5. The normalized spacial score (nSPS) is 12.6. The van der Waals surface area contributed by atoms with Gasteiger partial charge in [0.15, 0.2) is 0 Å². The number of aromatic nitrogens is 1. The molecular formula is C13H15FN2S. The Morgan fingerprint density at radius 2 is 2.00 bits per heavy atom. The third-order valence-corrected chi connectivity index (χ3v) is 3.50. The molecule has 1 aromatic heterocycles. The maximum atomic E-state index is 12.7. The smallest absolute Gasteiger partial charge is 0.123 e. The van der Waals surface area contributed by atoms with E-state index in [-0.39, 0.29) is 11.9 Å². The topological polar surface area (TPSA) is 38.9 Å². The van der Waals surface area contributed by atoms with E-state index in [0.29, 0.717) is 0 Å². The number of halogens is 1. The molecule has 2 rings (SSSR count). The van der Waals surface area contributed by atoms with E-state index >= 15 is 0 Å². The SMILES string of the molecule is Cc1csc(CC(N)Cc2ccc(F)cc2)n1. The molecule has 1 aromatic carbocycles. The highest BCUT2D eigenvalue weighted by Gasteiger charge is 2.08. The molecule has 2 nitrogen and oxygen atoms in total. The summed E-state index contributed by atoms with van der Waals surface area (Å²) in [5, 5.41) is 3.09. The molecule has 0 bridgehead atoms. The predicted molar refractivity (Wildman–Crippen MR) is 68.6 cm³/mol. The predicted octanol–water partition coefficient (Wildman–Crippen LogP) is 2.70. The zero-order chi connectivity index (χ0) is 12.3. The van der Waals surface area contributed by atoms with Gasteiger partial charge in [-0.1, -0.05) is 12.1 Å².